The van der Waals surface area contributed by atoms with Crippen LogP contribution >= 0.6 is 0 Å². The fourth-order valence-electron chi connectivity index (χ4n) is 1.91. The maximum Gasteiger partial charge on any atom is 0.257 e. The van der Waals surface area contributed by atoms with E-state index in [-0.39, 0.29) is 30.0 Å². The van der Waals surface area contributed by atoms with Crippen molar-refractivity contribution < 1.29 is 23.6 Å². The Morgan fingerprint density at radius 3 is 2.64 bits per heavy atom. The van der Waals surface area contributed by atoms with Gasteiger partial charge >= 0.3 is 0 Å². The maximum absolute atomic E-state index is 13.8. The predicted octanol–water partition coefficient (Wildman–Crippen LogP) is 1.15. The number of amides is 3. The van der Waals surface area contributed by atoms with Gasteiger partial charge in [-0.3, -0.25) is 24.5 Å². The minimum Gasteiger partial charge on any atom is -0.339 e. The molecule has 1 aromatic carbocycles. The van der Waals surface area contributed by atoms with Crippen molar-refractivity contribution in [2.75, 3.05) is 7.05 Å². The molecule has 0 bridgehead atoms. The van der Waals surface area contributed by atoms with Crippen LogP contribution in [0.3, 0.4) is 0 Å². The van der Waals surface area contributed by atoms with Crippen LogP contribution in [0.5, 0.6) is 0 Å². The Bertz CT molecular complexity index is 589. The lowest BCUT2D eigenvalue weighted by Gasteiger charge is -2.25. The summed E-state index contributed by atoms with van der Waals surface area (Å²) in [6.45, 7) is 1.69. The Kier molecular flexibility index (Phi) is 6.37. The highest BCUT2D eigenvalue weighted by molar-refractivity contribution is 6.01. The van der Waals surface area contributed by atoms with E-state index in [1.807, 2.05) is 5.32 Å². The molecule has 1 atom stereocenters. The zero-order valence-electron chi connectivity index (χ0n) is 12.3. The summed E-state index contributed by atoms with van der Waals surface area (Å²) >= 11 is 0. The molecule has 0 saturated heterocycles. The summed E-state index contributed by atoms with van der Waals surface area (Å²) in [6.07, 6.45) is 1.06. The molecular weight excluding hydrogens is 291 g/mol. The van der Waals surface area contributed by atoms with Gasteiger partial charge in [0.1, 0.15) is 5.82 Å². The first-order valence-electron chi connectivity index (χ1n) is 6.66. The molecule has 1 aromatic rings. The summed E-state index contributed by atoms with van der Waals surface area (Å²) in [5.74, 6) is -1.86. The fraction of sp³-hybridized carbons (Fsp3) is 0.333. The van der Waals surface area contributed by atoms with Crippen LogP contribution < -0.4 is 5.32 Å². The third-order valence-corrected chi connectivity index (χ3v) is 3.38. The van der Waals surface area contributed by atoms with Crippen molar-refractivity contribution in [1.82, 2.24) is 10.2 Å². The second-order valence-corrected chi connectivity index (χ2v) is 4.81. The summed E-state index contributed by atoms with van der Waals surface area (Å²) in [5.41, 5.74) is -0.313. The second-order valence-electron chi connectivity index (χ2n) is 4.81. The van der Waals surface area contributed by atoms with Crippen LogP contribution in [0.2, 0.25) is 0 Å². The number of nitrogens with one attached hydrogen (secondary N) is 1. The first-order chi connectivity index (χ1) is 10.4. The minimum absolute atomic E-state index is 0.0252. The first-order valence-corrected chi connectivity index (χ1v) is 6.66. The molecule has 22 heavy (non-hydrogen) atoms. The van der Waals surface area contributed by atoms with Gasteiger partial charge in [0.05, 0.1) is 5.56 Å². The largest absolute Gasteiger partial charge is 0.339 e. The highest BCUT2D eigenvalue weighted by Gasteiger charge is 2.23. The van der Waals surface area contributed by atoms with E-state index in [1.165, 1.54) is 24.1 Å². The van der Waals surface area contributed by atoms with Crippen molar-refractivity contribution in [2.24, 2.45) is 0 Å². The van der Waals surface area contributed by atoms with E-state index in [0.29, 0.717) is 12.7 Å². The number of carbonyl (C=O) groups is 4. The molecule has 3 amide bonds. The molecule has 0 aliphatic carbocycles. The number of hydrogen-bond donors (Lipinski definition) is 1. The van der Waals surface area contributed by atoms with Crippen molar-refractivity contribution in [3.8, 4) is 0 Å². The lowest BCUT2D eigenvalue weighted by Crippen LogP contribution is -2.37. The van der Waals surface area contributed by atoms with E-state index >= 15 is 0 Å². The zero-order valence-corrected chi connectivity index (χ0v) is 12.3. The monoisotopic (exact) mass is 308 g/mol. The lowest BCUT2D eigenvalue weighted by molar-refractivity contribution is -0.125. The van der Waals surface area contributed by atoms with E-state index in [0.717, 1.165) is 6.07 Å². The van der Waals surface area contributed by atoms with E-state index in [1.54, 1.807) is 6.92 Å². The molecule has 0 aliphatic heterocycles. The molecule has 1 unspecified atom stereocenters. The lowest BCUT2D eigenvalue weighted by atomic mass is 10.0. The van der Waals surface area contributed by atoms with Crippen LogP contribution in [-0.2, 0) is 9.59 Å². The van der Waals surface area contributed by atoms with Crippen LogP contribution in [0.1, 0.15) is 40.5 Å². The molecule has 7 heteroatoms. The Morgan fingerprint density at radius 2 is 2.05 bits per heavy atom. The van der Waals surface area contributed by atoms with Crippen molar-refractivity contribution in [3.05, 3.63) is 35.1 Å². The molecule has 1 N–H and O–H groups in total. The van der Waals surface area contributed by atoms with E-state index in [9.17, 15) is 23.6 Å². The predicted molar refractivity (Wildman–Crippen MR) is 76.8 cm³/mol. The molecule has 0 aliphatic rings. The second kappa shape index (κ2) is 8.02. The summed E-state index contributed by atoms with van der Waals surface area (Å²) in [7, 11) is 1.46. The quantitative estimate of drug-likeness (QED) is 0.766. The summed E-state index contributed by atoms with van der Waals surface area (Å²) in [4.78, 5) is 45.9. The van der Waals surface area contributed by atoms with Crippen LogP contribution in [0.4, 0.5) is 4.39 Å². The van der Waals surface area contributed by atoms with E-state index < -0.39 is 17.6 Å². The number of imide groups is 1. The number of carbonyl (C=O) groups excluding carboxylic acids is 4. The van der Waals surface area contributed by atoms with Gasteiger partial charge in [0, 0.05) is 25.1 Å². The molecule has 6 nitrogen and oxygen atoms in total. The third-order valence-electron chi connectivity index (χ3n) is 3.38. The van der Waals surface area contributed by atoms with E-state index in [4.69, 9.17) is 0 Å². The number of halogens is 1. The SMILES string of the molecule is CC(CCC(=O)NC=O)N(C)C(=O)c1c(F)cccc1C=O. The number of rotatable bonds is 7. The summed E-state index contributed by atoms with van der Waals surface area (Å²) < 4.78 is 13.8. The van der Waals surface area contributed by atoms with Gasteiger partial charge in [0.25, 0.3) is 5.91 Å². The van der Waals surface area contributed by atoms with Gasteiger partial charge in [-0.05, 0) is 19.4 Å². The molecule has 0 radical (unpaired) electrons. The number of hydrogen-bond acceptors (Lipinski definition) is 4. The zero-order chi connectivity index (χ0) is 16.7. The maximum atomic E-state index is 13.8. The Balaban J connectivity index is 2.82. The van der Waals surface area contributed by atoms with Gasteiger partial charge in [-0.15, -0.1) is 0 Å². The highest BCUT2D eigenvalue weighted by Crippen LogP contribution is 2.16. The van der Waals surface area contributed by atoms with E-state index in [2.05, 4.69) is 0 Å². The normalized spacial score (nSPS) is 11.4. The average molecular weight is 308 g/mol. The van der Waals surface area contributed by atoms with Gasteiger partial charge in [0.2, 0.25) is 12.3 Å². The summed E-state index contributed by atoms with van der Waals surface area (Å²) in [6, 6.07) is 3.45. The molecule has 0 aromatic heterocycles. The van der Waals surface area contributed by atoms with Crippen LogP contribution in [0.15, 0.2) is 18.2 Å². The highest BCUT2D eigenvalue weighted by atomic mass is 19.1. The molecule has 118 valence electrons. The fourth-order valence-corrected chi connectivity index (χ4v) is 1.91. The Hall–Kier alpha value is -2.57. The summed E-state index contributed by atoms with van der Waals surface area (Å²) in [5, 5.41) is 2.00. The van der Waals surface area contributed by atoms with Crippen molar-refractivity contribution in [3.63, 3.8) is 0 Å². The third kappa shape index (κ3) is 4.21. The van der Waals surface area contributed by atoms with Crippen molar-refractivity contribution >= 4 is 24.5 Å². The molecule has 0 fully saturated rings. The minimum atomic E-state index is -0.771. The number of benzene rings is 1. The number of nitrogens with zero attached hydrogens (tertiary/aromatic N) is 1. The molecule has 0 spiro atoms. The smallest absolute Gasteiger partial charge is 0.257 e. The molecule has 0 heterocycles. The van der Waals surface area contributed by atoms with Gasteiger partial charge < -0.3 is 4.90 Å². The van der Waals surface area contributed by atoms with Crippen molar-refractivity contribution in [2.45, 2.75) is 25.8 Å². The van der Waals surface area contributed by atoms with Gasteiger partial charge in [-0.1, -0.05) is 12.1 Å². The average Bonchev–Trinajstić information content (AvgIpc) is 2.51. The first kappa shape index (κ1) is 17.5. The molecule has 1 rings (SSSR count). The Labute approximate surface area is 127 Å². The standard InChI is InChI=1S/C15H17FN2O4/c1-10(6-7-13(21)17-9-20)18(2)15(22)14-11(8-19)4-3-5-12(14)16/h3-5,8-10H,6-7H2,1-2H3,(H,17,20,21). The van der Waals surface area contributed by atoms with Crippen LogP contribution in [0.25, 0.3) is 0 Å². The van der Waals surface area contributed by atoms with Crippen LogP contribution in [-0.4, -0.2) is 42.5 Å². The van der Waals surface area contributed by atoms with Crippen LogP contribution in [0, 0.1) is 5.82 Å². The van der Waals surface area contributed by atoms with Crippen molar-refractivity contribution in [1.29, 1.82) is 0 Å². The van der Waals surface area contributed by atoms with Gasteiger partial charge in [-0.25, -0.2) is 4.39 Å². The number of aldehydes is 1. The Morgan fingerprint density at radius 1 is 1.36 bits per heavy atom. The molecule has 0 saturated carbocycles. The van der Waals surface area contributed by atoms with Gasteiger partial charge in [-0.2, -0.15) is 0 Å². The topological polar surface area (TPSA) is 83.6 Å². The molecular formula is C15H17FN2O4. The van der Waals surface area contributed by atoms with Gasteiger partial charge in [0.15, 0.2) is 6.29 Å².